The Balaban J connectivity index is 2.16. The number of nitrogens with one attached hydrogen (secondary N) is 1. The summed E-state index contributed by atoms with van der Waals surface area (Å²) in [6.45, 7) is 0.628. The van der Waals surface area contributed by atoms with Gasteiger partial charge in [0.2, 0.25) is 0 Å². The number of hydrogen-bond donors (Lipinski definition) is 1. The molecule has 0 fully saturated rings. The quantitative estimate of drug-likeness (QED) is 0.515. The number of anilines is 1. The third-order valence-corrected chi connectivity index (χ3v) is 2.95. The Morgan fingerprint density at radius 1 is 1.22 bits per heavy atom. The van der Waals surface area contributed by atoms with Crippen molar-refractivity contribution < 1.29 is 9.59 Å². The molecule has 0 unspecified atom stereocenters. The summed E-state index contributed by atoms with van der Waals surface area (Å²) in [6, 6.07) is 5.16. The zero-order valence-electron chi connectivity index (χ0n) is 9.94. The maximum Gasteiger partial charge on any atom is 0.261 e. The number of amides is 2. The first-order chi connectivity index (χ1) is 8.65. The molecular formula is C13H13ClN2O2. The van der Waals surface area contributed by atoms with Crippen molar-refractivity contribution in [3.05, 3.63) is 41.5 Å². The van der Waals surface area contributed by atoms with Crippen molar-refractivity contribution in [2.75, 3.05) is 24.8 Å². The SMILES string of the molecule is CN1C(=O)c2ccc(NC/C=C/CCl)cc2C1=O. The number of carbonyl (C=O) groups is 2. The molecule has 2 rings (SSSR count). The van der Waals surface area contributed by atoms with Crippen molar-refractivity contribution in [3.8, 4) is 0 Å². The molecule has 2 amide bonds. The second-order valence-electron chi connectivity index (χ2n) is 3.94. The van der Waals surface area contributed by atoms with Crippen LogP contribution in [0, 0.1) is 0 Å². The number of hydrogen-bond acceptors (Lipinski definition) is 3. The standard InChI is InChI=1S/C13H13ClN2O2/c1-16-12(17)10-5-4-9(8-11(10)13(16)18)15-7-3-2-6-14/h2-5,8,15H,6-7H2,1H3/b3-2+. The smallest absolute Gasteiger partial charge is 0.261 e. The molecule has 5 heteroatoms. The molecule has 0 aliphatic carbocycles. The third-order valence-electron chi connectivity index (χ3n) is 2.77. The zero-order valence-corrected chi connectivity index (χ0v) is 10.7. The number of alkyl halides is 1. The van der Waals surface area contributed by atoms with E-state index in [2.05, 4.69) is 5.32 Å². The Morgan fingerprint density at radius 2 is 1.94 bits per heavy atom. The van der Waals surface area contributed by atoms with Gasteiger partial charge in [0.25, 0.3) is 11.8 Å². The first-order valence-corrected chi connectivity index (χ1v) is 6.10. The van der Waals surface area contributed by atoms with E-state index in [1.54, 1.807) is 18.2 Å². The Hall–Kier alpha value is -1.81. The van der Waals surface area contributed by atoms with Crippen LogP contribution in [0.25, 0.3) is 0 Å². The lowest BCUT2D eigenvalue weighted by Gasteiger charge is -2.04. The topological polar surface area (TPSA) is 49.4 Å². The fourth-order valence-corrected chi connectivity index (χ4v) is 1.92. The van der Waals surface area contributed by atoms with Gasteiger partial charge in [-0.2, -0.15) is 0 Å². The largest absolute Gasteiger partial charge is 0.382 e. The summed E-state index contributed by atoms with van der Waals surface area (Å²) in [7, 11) is 1.49. The fraction of sp³-hybridized carbons (Fsp3) is 0.231. The van der Waals surface area contributed by atoms with Crippen LogP contribution in [0.1, 0.15) is 20.7 Å². The van der Waals surface area contributed by atoms with E-state index in [1.165, 1.54) is 7.05 Å². The van der Waals surface area contributed by atoms with Crippen molar-refractivity contribution in [1.82, 2.24) is 4.90 Å². The highest BCUT2D eigenvalue weighted by atomic mass is 35.5. The van der Waals surface area contributed by atoms with Crippen LogP contribution in [0.2, 0.25) is 0 Å². The van der Waals surface area contributed by atoms with Gasteiger partial charge in [0.05, 0.1) is 11.1 Å². The van der Waals surface area contributed by atoms with E-state index in [-0.39, 0.29) is 11.8 Å². The van der Waals surface area contributed by atoms with Crippen molar-refractivity contribution in [1.29, 1.82) is 0 Å². The second-order valence-corrected chi connectivity index (χ2v) is 4.24. The molecule has 0 atom stereocenters. The molecule has 1 aromatic rings. The minimum atomic E-state index is -0.255. The summed E-state index contributed by atoms with van der Waals surface area (Å²) in [6.07, 6.45) is 3.74. The maximum atomic E-state index is 11.8. The summed E-state index contributed by atoms with van der Waals surface area (Å²) in [5.74, 6) is -0.0255. The molecule has 0 saturated heterocycles. The summed E-state index contributed by atoms with van der Waals surface area (Å²) in [5.41, 5.74) is 1.72. The van der Waals surface area contributed by atoms with Gasteiger partial charge in [-0.15, -0.1) is 11.6 Å². The number of fused-ring (bicyclic) bond motifs is 1. The normalized spacial score (nSPS) is 14.4. The van der Waals surface area contributed by atoms with Crippen LogP contribution in [0.5, 0.6) is 0 Å². The lowest BCUT2D eigenvalue weighted by atomic mass is 10.1. The minimum absolute atomic E-state index is 0.247. The lowest BCUT2D eigenvalue weighted by molar-refractivity contribution is 0.0693. The number of imide groups is 1. The summed E-state index contributed by atoms with van der Waals surface area (Å²) < 4.78 is 0. The Bertz CT molecular complexity index is 526. The summed E-state index contributed by atoms with van der Waals surface area (Å²) >= 11 is 5.51. The van der Waals surface area contributed by atoms with Crippen LogP contribution in [0.15, 0.2) is 30.4 Å². The van der Waals surface area contributed by atoms with Crippen LogP contribution >= 0.6 is 11.6 Å². The molecule has 1 heterocycles. The van der Waals surface area contributed by atoms with Crippen LogP contribution in [0.3, 0.4) is 0 Å². The molecule has 4 nitrogen and oxygen atoms in total. The van der Waals surface area contributed by atoms with E-state index >= 15 is 0 Å². The van der Waals surface area contributed by atoms with Crippen LogP contribution < -0.4 is 5.32 Å². The Labute approximate surface area is 110 Å². The lowest BCUT2D eigenvalue weighted by Crippen LogP contribution is -2.24. The summed E-state index contributed by atoms with van der Waals surface area (Å²) in [4.78, 5) is 24.6. The average Bonchev–Trinajstić information content (AvgIpc) is 2.60. The van der Waals surface area contributed by atoms with Gasteiger partial charge < -0.3 is 5.32 Å². The zero-order chi connectivity index (χ0) is 13.1. The maximum absolute atomic E-state index is 11.8. The highest BCUT2D eigenvalue weighted by Gasteiger charge is 2.32. The van der Waals surface area contributed by atoms with Crippen molar-refractivity contribution >= 4 is 29.1 Å². The second kappa shape index (κ2) is 5.23. The minimum Gasteiger partial charge on any atom is -0.382 e. The Morgan fingerprint density at radius 3 is 2.67 bits per heavy atom. The molecule has 94 valence electrons. The van der Waals surface area contributed by atoms with Gasteiger partial charge >= 0.3 is 0 Å². The molecule has 0 aromatic heterocycles. The molecule has 0 radical (unpaired) electrons. The fourth-order valence-electron chi connectivity index (χ4n) is 1.79. The number of halogens is 1. The number of nitrogens with zero attached hydrogens (tertiary/aromatic N) is 1. The van der Waals surface area contributed by atoms with Gasteiger partial charge in [-0.25, -0.2) is 0 Å². The van der Waals surface area contributed by atoms with Gasteiger partial charge in [-0.05, 0) is 18.2 Å². The number of rotatable bonds is 4. The predicted octanol–water partition coefficient (Wildman–Crippen LogP) is 2.12. The van der Waals surface area contributed by atoms with Crippen molar-refractivity contribution in [2.45, 2.75) is 0 Å². The van der Waals surface area contributed by atoms with Gasteiger partial charge in [0, 0.05) is 25.2 Å². The average molecular weight is 265 g/mol. The van der Waals surface area contributed by atoms with Crippen molar-refractivity contribution in [3.63, 3.8) is 0 Å². The first kappa shape index (κ1) is 12.6. The molecule has 1 aliphatic heterocycles. The molecule has 1 aromatic carbocycles. The molecular weight excluding hydrogens is 252 g/mol. The third kappa shape index (κ3) is 2.24. The van der Waals surface area contributed by atoms with Gasteiger partial charge in [0.15, 0.2) is 0 Å². The van der Waals surface area contributed by atoms with E-state index in [0.29, 0.717) is 23.6 Å². The predicted molar refractivity (Wildman–Crippen MR) is 71.2 cm³/mol. The Kier molecular flexibility index (Phi) is 3.67. The van der Waals surface area contributed by atoms with Crippen LogP contribution in [0.4, 0.5) is 5.69 Å². The summed E-state index contributed by atoms with van der Waals surface area (Å²) in [5, 5.41) is 3.13. The highest BCUT2D eigenvalue weighted by Crippen LogP contribution is 2.24. The van der Waals surface area contributed by atoms with Crippen LogP contribution in [-0.4, -0.2) is 36.2 Å². The highest BCUT2D eigenvalue weighted by molar-refractivity contribution is 6.21. The molecule has 1 aliphatic rings. The molecule has 0 bridgehead atoms. The van der Waals surface area contributed by atoms with Gasteiger partial charge in [-0.1, -0.05) is 12.2 Å². The van der Waals surface area contributed by atoms with Gasteiger partial charge in [-0.3, -0.25) is 14.5 Å². The van der Waals surface area contributed by atoms with Crippen LogP contribution in [-0.2, 0) is 0 Å². The monoisotopic (exact) mass is 264 g/mol. The molecule has 0 spiro atoms. The van der Waals surface area contributed by atoms with E-state index < -0.39 is 0 Å². The van der Waals surface area contributed by atoms with Crippen molar-refractivity contribution in [2.24, 2.45) is 0 Å². The number of carbonyl (C=O) groups excluding carboxylic acids is 2. The van der Waals surface area contributed by atoms with E-state index in [0.717, 1.165) is 10.6 Å². The van der Waals surface area contributed by atoms with Gasteiger partial charge in [0.1, 0.15) is 0 Å². The number of benzene rings is 1. The van der Waals surface area contributed by atoms with E-state index in [9.17, 15) is 9.59 Å². The molecule has 18 heavy (non-hydrogen) atoms. The van der Waals surface area contributed by atoms with E-state index in [4.69, 9.17) is 11.6 Å². The first-order valence-electron chi connectivity index (χ1n) is 5.56. The number of allylic oxidation sites excluding steroid dienone is 1. The molecule has 0 saturated carbocycles. The van der Waals surface area contributed by atoms with E-state index in [1.807, 2.05) is 12.2 Å². The molecule has 1 N–H and O–H groups in total.